The van der Waals surface area contributed by atoms with Crippen LogP contribution < -0.4 is 21.1 Å². The van der Waals surface area contributed by atoms with Gasteiger partial charge in [0.1, 0.15) is 17.9 Å². The molecule has 2 heterocycles. The first-order chi connectivity index (χ1) is 17.9. The molecule has 2 atom stereocenters. The Bertz CT molecular complexity index is 1280. The van der Waals surface area contributed by atoms with E-state index >= 15 is 0 Å². The van der Waals surface area contributed by atoms with E-state index in [4.69, 9.17) is 10.5 Å². The summed E-state index contributed by atoms with van der Waals surface area (Å²) in [6.45, 7) is 0.513. The van der Waals surface area contributed by atoms with Gasteiger partial charge in [-0.2, -0.15) is 0 Å². The maximum atomic E-state index is 13.3. The summed E-state index contributed by atoms with van der Waals surface area (Å²) in [5.41, 5.74) is 5.91. The van der Waals surface area contributed by atoms with E-state index in [0.717, 1.165) is 21.9 Å². The van der Waals surface area contributed by atoms with Crippen LogP contribution in [0.2, 0.25) is 0 Å². The Labute approximate surface area is 214 Å². The number of benzene rings is 2. The number of aldehydes is 1. The zero-order chi connectivity index (χ0) is 26.4. The number of likely N-dealkylation sites (tertiary alicyclic amines) is 1. The quantitative estimate of drug-likeness (QED) is 0.286. The van der Waals surface area contributed by atoms with Crippen LogP contribution in [0, 0.1) is 0 Å². The van der Waals surface area contributed by atoms with Crippen LogP contribution in [0.4, 0.5) is 5.82 Å². The zero-order valence-electron chi connectivity index (χ0n) is 20.6. The molecule has 194 valence electrons. The van der Waals surface area contributed by atoms with Crippen molar-refractivity contribution in [2.45, 2.75) is 37.5 Å². The van der Waals surface area contributed by atoms with Gasteiger partial charge in [-0.3, -0.25) is 15.0 Å². The standard InChI is InChI=1S/C27H31N5O5/c1-37-21-7-4-18(5-8-21)16-27(26(35)36,31-12-14-33)32-13-2-3-23(32)25(34)30-17-19-6-9-22-20(15-19)10-11-29-24(22)28/h4-11,14-15,23,31H,2-3,12-13,16-17H2,1H3,(H2,28,29)(H,30,34)(H,35,36)/t23-,27?/m0/s1. The maximum absolute atomic E-state index is 13.3. The number of hydrogen-bond donors (Lipinski definition) is 4. The molecule has 37 heavy (non-hydrogen) atoms. The molecule has 1 aliphatic rings. The van der Waals surface area contributed by atoms with Crippen molar-refractivity contribution < 1.29 is 24.2 Å². The maximum Gasteiger partial charge on any atom is 0.339 e. The third kappa shape index (κ3) is 5.55. The number of nitrogens with one attached hydrogen (secondary N) is 2. The number of methoxy groups -OCH3 is 1. The van der Waals surface area contributed by atoms with Crippen molar-refractivity contribution in [1.29, 1.82) is 0 Å². The summed E-state index contributed by atoms with van der Waals surface area (Å²) in [7, 11) is 1.56. The number of carboxylic acid groups (broad SMARTS) is 1. The van der Waals surface area contributed by atoms with Gasteiger partial charge in [-0.05, 0) is 53.6 Å². The Kier molecular flexibility index (Phi) is 8.00. The molecule has 1 fully saturated rings. The molecule has 4 rings (SSSR count). The molecule has 0 aliphatic carbocycles. The van der Waals surface area contributed by atoms with E-state index in [2.05, 4.69) is 15.6 Å². The minimum Gasteiger partial charge on any atom is -0.497 e. The molecule has 10 nitrogen and oxygen atoms in total. The molecule has 0 spiro atoms. The molecule has 1 aromatic heterocycles. The van der Waals surface area contributed by atoms with Gasteiger partial charge in [-0.1, -0.05) is 24.3 Å². The molecular weight excluding hydrogens is 474 g/mol. The molecule has 1 saturated heterocycles. The van der Waals surface area contributed by atoms with Crippen LogP contribution in [0.5, 0.6) is 5.75 Å². The van der Waals surface area contributed by atoms with E-state index < -0.39 is 17.7 Å². The number of hydrogen-bond acceptors (Lipinski definition) is 8. The normalized spacial score (nSPS) is 17.3. The molecule has 1 amide bonds. The number of nitrogen functional groups attached to an aromatic ring is 1. The van der Waals surface area contributed by atoms with E-state index in [9.17, 15) is 19.5 Å². The van der Waals surface area contributed by atoms with Gasteiger partial charge in [0.05, 0.1) is 19.7 Å². The lowest BCUT2D eigenvalue weighted by molar-refractivity contribution is -0.157. The van der Waals surface area contributed by atoms with Crippen molar-refractivity contribution in [3.05, 3.63) is 65.9 Å². The lowest BCUT2D eigenvalue weighted by Gasteiger charge is -2.41. The number of carbonyl (C=O) groups excluding carboxylic acids is 2. The molecule has 0 radical (unpaired) electrons. The second kappa shape index (κ2) is 11.4. The fraction of sp³-hybridized carbons (Fsp3) is 0.333. The summed E-state index contributed by atoms with van der Waals surface area (Å²) < 4.78 is 5.20. The topological polar surface area (TPSA) is 147 Å². The molecule has 1 aliphatic heterocycles. The largest absolute Gasteiger partial charge is 0.497 e. The van der Waals surface area contributed by atoms with Crippen molar-refractivity contribution in [2.75, 3.05) is 25.9 Å². The van der Waals surface area contributed by atoms with Gasteiger partial charge in [0.25, 0.3) is 0 Å². The van der Waals surface area contributed by atoms with Crippen LogP contribution in [0.25, 0.3) is 10.8 Å². The average molecular weight is 506 g/mol. The minimum atomic E-state index is -1.64. The van der Waals surface area contributed by atoms with E-state index in [-0.39, 0.29) is 25.4 Å². The highest BCUT2D eigenvalue weighted by atomic mass is 16.5. The van der Waals surface area contributed by atoms with E-state index in [1.165, 1.54) is 0 Å². The van der Waals surface area contributed by atoms with Crippen LogP contribution in [-0.2, 0) is 27.3 Å². The second-order valence-electron chi connectivity index (χ2n) is 9.06. The van der Waals surface area contributed by atoms with Crippen LogP contribution in [0.15, 0.2) is 54.7 Å². The zero-order valence-corrected chi connectivity index (χ0v) is 20.6. The number of aromatic nitrogens is 1. The lowest BCUT2D eigenvalue weighted by Crippen LogP contribution is -2.68. The number of carboxylic acids is 1. The Balaban J connectivity index is 1.55. The van der Waals surface area contributed by atoms with Gasteiger partial charge < -0.3 is 25.7 Å². The molecule has 2 aromatic carbocycles. The first kappa shape index (κ1) is 26.1. The van der Waals surface area contributed by atoms with Crippen LogP contribution >= 0.6 is 0 Å². The van der Waals surface area contributed by atoms with Crippen LogP contribution in [0.1, 0.15) is 24.0 Å². The molecule has 0 bridgehead atoms. The van der Waals surface area contributed by atoms with Crippen LogP contribution in [0.3, 0.4) is 0 Å². The molecule has 10 heteroatoms. The smallest absolute Gasteiger partial charge is 0.339 e. The average Bonchev–Trinajstić information content (AvgIpc) is 3.40. The first-order valence-electron chi connectivity index (χ1n) is 12.1. The van der Waals surface area contributed by atoms with E-state index in [1.807, 2.05) is 24.3 Å². The van der Waals surface area contributed by atoms with Crippen molar-refractivity contribution in [1.82, 2.24) is 20.5 Å². The van der Waals surface area contributed by atoms with Gasteiger partial charge in [0.15, 0.2) is 5.66 Å². The Hall–Kier alpha value is -4.02. The number of anilines is 1. The Morgan fingerprint density at radius 3 is 2.68 bits per heavy atom. The minimum absolute atomic E-state index is 0.0596. The summed E-state index contributed by atoms with van der Waals surface area (Å²) in [6, 6.07) is 13.9. The summed E-state index contributed by atoms with van der Waals surface area (Å²) in [5.74, 6) is -0.318. The summed E-state index contributed by atoms with van der Waals surface area (Å²) in [6.07, 6.45) is 3.48. The molecular formula is C27H31N5O5. The molecule has 5 N–H and O–H groups in total. The summed E-state index contributed by atoms with van der Waals surface area (Å²) in [5, 5.41) is 18.0. The van der Waals surface area contributed by atoms with E-state index in [0.29, 0.717) is 37.2 Å². The number of pyridine rings is 1. The third-order valence-corrected chi connectivity index (χ3v) is 6.82. The van der Waals surface area contributed by atoms with Crippen LogP contribution in [-0.4, -0.2) is 65.1 Å². The number of nitrogens with two attached hydrogens (primary N) is 1. The van der Waals surface area contributed by atoms with Gasteiger partial charge in [-0.25, -0.2) is 9.78 Å². The molecule has 1 unspecified atom stereocenters. The number of amides is 1. The van der Waals surface area contributed by atoms with E-state index in [1.54, 1.807) is 42.5 Å². The van der Waals surface area contributed by atoms with Crippen molar-refractivity contribution >= 4 is 34.8 Å². The fourth-order valence-corrected chi connectivity index (χ4v) is 4.95. The van der Waals surface area contributed by atoms with Gasteiger partial charge in [0, 0.05) is 31.1 Å². The Morgan fingerprint density at radius 2 is 1.97 bits per heavy atom. The highest BCUT2D eigenvalue weighted by molar-refractivity contribution is 5.91. The predicted octanol–water partition coefficient (Wildman–Crippen LogP) is 1.72. The van der Waals surface area contributed by atoms with Gasteiger partial charge >= 0.3 is 5.97 Å². The highest BCUT2D eigenvalue weighted by Crippen LogP contribution is 2.30. The highest BCUT2D eigenvalue weighted by Gasteiger charge is 2.50. The molecule has 0 saturated carbocycles. The predicted molar refractivity (Wildman–Crippen MR) is 139 cm³/mol. The third-order valence-electron chi connectivity index (χ3n) is 6.82. The fourth-order valence-electron chi connectivity index (χ4n) is 4.95. The van der Waals surface area contributed by atoms with Gasteiger partial charge in [0.2, 0.25) is 5.91 Å². The number of fused-ring (bicyclic) bond motifs is 1. The summed E-state index contributed by atoms with van der Waals surface area (Å²) >= 11 is 0. The first-order valence-corrected chi connectivity index (χ1v) is 12.1. The SMILES string of the molecule is COc1ccc(CC(NCC=O)(C(=O)O)N2CCC[C@H]2C(=O)NCc2ccc3c(N)nccc3c2)cc1. The van der Waals surface area contributed by atoms with Crippen molar-refractivity contribution in [3.8, 4) is 5.75 Å². The monoisotopic (exact) mass is 505 g/mol. The Morgan fingerprint density at radius 1 is 1.22 bits per heavy atom. The van der Waals surface area contributed by atoms with Crippen molar-refractivity contribution in [2.24, 2.45) is 0 Å². The second-order valence-corrected chi connectivity index (χ2v) is 9.06. The number of nitrogens with zero attached hydrogens (tertiary/aromatic N) is 2. The number of carbonyl (C=O) groups is 3. The number of rotatable bonds is 11. The number of ether oxygens (including phenoxy) is 1. The summed E-state index contributed by atoms with van der Waals surface area (Å²) in [4.78, 5) is 43.1. The van der Waals surface area contributed by atoms with Gasteiger partial charge in [-0.15, -0.1) is 0 Å². The lowest BCUT2D eigenvalue weighted by atomic mass is 9.96. The van der Waals surface area contributed by atoms with Crippen molar-refractivity contribution in [3.63, 3.8) is 0 Å². The number of aliphatic carboxylic acids is 1. The molecule has 3 aromatic rings.